The summed E-state index contributed by atoms with van der Waals surface area (Å²) in [6.07, 6.45) is 0. The van der Waals surface area contributed by atoms with Crippen LogP contribution in [0.15, 0.2) is 21.5 Å². The Bertz CT molecular complexity index is 445. The summed E-state index contributed by atoms with van der Waals surface area (Å²) in [6, 6.07) is 1.83. The smallest absolute Gasteiger partial charge is 0.265 e. The topological polar surface area (TPSA) is 54.4 Å². The molecule has 1 aromatic rings. The second-order valence-electron chi connectivity index (χ2n) is 2.15. The standard InChI is InChI=1S/C6H3BrClFO3S/c7-5-4(10)2-1-3(9)6(5)13(8,11)12/h1-2,10H. The molecule has 0 saturated carbocycles. The van der Waals surface area contributed by atoms with Crippen LogP contribution in [0.4, 0.5) is 4.39 Å². The first-order chi connectivity index (χ1) is 5.84. The summed E-state index contributed by atoms with van der Waals surface area (Å²) in [7, 11) is 0.736. The zero-order chi connectivity index (χ0) is 10.2. The summed E-state index contributed by atoms with van der Waals surface area (Å²) < 4.78 is 34.3. The third-order valence-corrected chi connectivity index (χ3v) is 3.69. The lowest BCUT2D eigenvalue weighted by atomic mass is 10.3. The van der Waals surface area contributed by atoms with Crippen molar-refractivity contribution >= 4 is 35.7 Å². The molecule has 3 nitrogen and oxygen atoms in total. The molecule has 0 spiro atoms. The Morgan fingerprint density at radius 2 is 2.00 bits per heavy atom. The van der Waals surface area contributed by atoms with Crippen molar-refractivity contribution in [2.45, 2.75) is 4.90 Å². The van der Waals surface area contributed by atoms with Crippen molar-refractivity contribution in [2.24, 2.45) is 0 Å². The Hall–Kier alpha value is -0.330. The maximum absolute atomic E-state index is 12.9. The highest BCUT2D eigenvalue weighted by Gasteiger charge is 2.22. The van der Waals surface area contributed by atoms with Gasteiger partial charge in [-0.25, -0.2) is 12.8 Å². The molecule has 0 unspecified atom stereocenters. The highest BCUT2D eigenvalue weighted by molar-refractivity contribution is 9.10. The van der Waals surface area contributed by atoms with E-state index in [0.717, 1.165) is 12.1 Å². The summed E-state index contributed by atoms with van der Waals surface area (Å²) in [4.78, 5) is -0.755. The first kappa shape index (κ1) is 10.7. The lowest BCUT2D eigenvalue weighted by molar-refractivity contribution is 0.464. The minimum atomic E-state index is -4.20. The predicted octanol–water partition coefficient (Wildman–Crippen LogP) is 2.22. The summed E-state index contributed by atoms with van der Waals surface area (Å²) >= 11 is 2.71. The molecule has 0 radical (unpaired) electrons. The van der Waals surface area contributed by atoms with Gasteiger partial charge in [0.1, 0.15) is 16.5 Å². The van der Waals surface area contributed by atoms with Crippen LogP contribution in [0.3, 0.4) is 0 Å². The SMILES string of the molecule is O=S(=O)(Cl)c1c(F)ccc(O)c1Br. The number of aromatic hydroxyl groups is 1. The molecule has 0 aliphatic rings. The van der Waals surface area contributed by atoms with E-state index in [-0.39, 0.29) is 10.2 Å². The molecule has 0 aliphatic carbocycles. The first-order valence-electron chi connectivity index (χ1n) is 2.95. The van der Waals surface area contributed by atoms with Gasteiger partial charge in [0, 0.05) is 10.7 Å². The maximum Gasteiger partial charge on any atom is 0.265 e. The molecule has 0 aromatic heterocycles. The third-order valence-electron chi connectivity index (χ3n) is 1.27. The Kier molecular flexibility index (Phi) is 2.84. The van der Waals surface area contributed by atoms with Gasteiger partial charge in [-0.3, -0.25) is 0 Å². The van der Waals surface area contributed by atoms with Crippen LogP contribution in [0.2, 0.25) is 0 Å². The van der Waals surface area contributed by atoms with Gasteiger partial charge in [0.2, 0.25) is 0 Å². The highest BCUT2D eigenvalue weighted by Crippen LogP contribution is 2.34. The molecule has 0 fully saturated rings. The van der Waals surface area contributed by atoms with E-state index < -0.39 is 19.8 Å². The lowest BCUT2D eigenvalue weighted by Crippen LogP contribution is -1.96. The summed E-state index contributed by atoms with van der Waals surface area (Å²) in [6.45, 7) is 0. The molecule has 0 atom stereocenters. The molecule has 0 saturated heterocycles. The van der Waals surface area contributed by atoms with Gasteiger partial charge in [0.15, 0.2) is 0 Å². The lowest BCUT2D eigenvalue weighted by Gasteiger charge is -2.03. The van der Waals surface area contributed by atoms with Crippen LogP contribution in [0.5, 0.6) is 5.75 Å². The highest BCUT2D eigenvalue weighted by atomic mass is 79.9. The van der Waals surface area contributed by atoms with E-state index in [2.05, 4.69) is 15.9 Å². The van der Waals surface area contributed by atoms with Crippen LogP contribution < -0.4 is 0 Å². The van der Waals surface area contributed by atoms with Gasteiger partial charge in [-0.1, -0.05) is 0 Å². The second-order valence-corrected chi connectivity index (χ2v) is 5.44. The maximum atomic E-state index is 12.9. The summed E-state index contributed by atoms with van der Waals surface area (Å²) in [5, 5.41) is 9.05. The third kappa shape index (κ3) is 2.12. The van der Waals surface area contributed by atoms with Gasteiger partial charge >= 0.3 is 0 Å². The fraction of sp³-hybridized carbons (Fsp3) is 0. The number of benzene rings is 1. The average Bonchev–Trinajstić information content (AvgIpc) is 1.95. The molecule has 0 amide bonds. The van der Waals surface area contributed by atoms with Gasteiger partial charge in [0.05, 0.1) is 4.47 Å². The number of phenols is 1. The number of halogens is 3. The van der Waals surface area contributed by atoms with Gasteiger partial charge in [0.25, 0.3) is 9.05 Å². The molecular weight excluding hydrogens is 286 g/mol. The molecule has 1 rings (SSSR count). The molecule has 0 bridgehead atoms. The predicted molar refractivity (Wildman–Crippen MR) is 48.8 cm³/mol. The minimum Gasteiger partial charge on any atom is -0.507 e. The Balaban J connectivity index is 3.62. The van der Waals surface area contributed by atoms with E-state index in [4.69, 9.17) is 15.8 Å². The van der Waals surface area contributed by atoms with Gasteiger partial charge in [-0.05, 0) is 28.1 Å². The number of hydrogen-bond acceptors (Lipinski definition) is 3. The molecule has 1 aromatic carbocycles. The molecule has 1 N–H and O–H groups in total. The van der Waals surface area contributed by atoms with Crippen molar-refractivity contribution in [2.75, 3.05) is 0 Å². The van der Waals surface area contributed by atoms with E-state index in [9.17, 15) is 12.8 Å². The summed E-state index contributed by atoms with van der Waals surface area (Å²) in [5.41, 5.74) is 0. The van der Waals surface area contributed by atoms with Crippen molar-refractivity contribution in [3.8, 4) is 5.75 Å². The zero-order valence-electron chi connectivity index (χ0n) is 5.96. The number of hydrogen-bond donors (Lipinski definition) is 1. The van der Waals surface area contributed by atoms with Crippen LogP contribution in [0.1, 0.15) is 0 Å². The molecule has 0 aliphatic heterocycles. The fourth-order valence-corrected chi connectivity index (χ4v) is 3.06. The van der Waals surface area contributed by atoms with Crippen molar-refractivity contribution in [1.82, 2.24) is 0 Å². The van der Waals surface area contributed by atoms with Crippen LogP contribution in [-0.2, 0) is 9.05 Å². The zero-order valence-corrected chi connectivity index (χ0v) is 9.12. The quantitative estimate of drug-likeness (QED) is 0.807. The van der Waals surface area contributed by atoms with E-state index in [1.165, 1.54) is 0 Å². The van der Waals surface area contributed by atoms with Gasteiger partial charge < -0.3 is 5.11 Å². The molecule has 7 heteroatoms. The average molecular weight is 290 g/mol. The van der Waals surface area contributed by atoms with Crippen molar-refractivity contribution < 1.29 is 17.9 Å². The van der Waals surface area contributed by atoms with Crippen LogP contribution in [0, 0.1) is 5.82 Å². The van der Waals surface area contributed by atoms with Crippen molar-refractivity contribution in [3.63, 3.8) is 0 Å². The van der Waals surface area contributed by atoms with E-state index >= 15 is 0 Å². The minimum absolute atomic E-state index is 0.275. The van der Waals surface area contributed by atoms with Crippen LogP contribution >= 0.6 is 26.6 Å². The van der Waals surface area contributed by atoms with E-state index in [0.29, 0.717) is 0 Å². The van der Waals surface area contributed by atoms with Crippen LogP contribution in [0.25, 0.3) is 0 Å². The van der Waals surface area contributed by atoms with E-state index in [1.54, 1.807) is 0 Å². The number of rotatable bonds is 1. The molecule has 72 valence electrons. The molecule has 0 heterocycles. The van der Waals surface area contributed by atoms with E-state index in [1.807, 2.05) is 0 Å². The second kappa shape index (κ2) is 3.43. The monoisotopic (exact) mass is 288 g/mol. The molecular formula is C6H3BrClFO3S. The Morgan fingerprint density at radius 3 is 2.38 bits per heavy atom. The fourth-order valence-electron chi connectivity index (χ4n) is 0.746. The molecule has 13 heavy (non-hydrogen) atoms. The van der Waals surface area contributed by atoms with Crippen LogP contribution in [-0.4, -0.2) is 13.5 Å². The van der Waals surface area contributed by atoms with Crippen molar-refractivity contribution in [1.29, 1.82) is 0 Å². The number of phenolic OH excluding ortho intramolecular Hbond substituents is 1. The van der Waals surface area contributed by atoms with Gasteiger partial charge in [-0.2, -0.15) is 0 Å². The Morgan fingerprint density at radius 1 is 1.46 bits per heavy atom. The summed E-state index contributed by atoms with van der Waals surface area (Å²) in [5.74, 6) is -1.40. The van der Waals surface area contributed by atoms with Crippen molar-refractivity contribution in [3.05, 3.63) is 22.4 Å². The largest absolute Gasteiger partial charge is 0.507 e. The normalized spacial score (nSPS) is 11.6. The van der Waals surface area contributed by atoms with Gasteiger partial charge in [-0.15, -0.1) is 0 Å². The first-order valence-corrected chi connectivity index (χ1v) is 6.06. The Labute approximate surface area is 86.7 Å².